The maximum atomic E-state index is 5.10. The van der Waals surface area contributed by atoms with Gasteiger partial charge in [-0.25, -0.2) is 15.0 Å². The van der Waals surface area contributed by atoms with E-state index in [1.165, 1.54) is 47.6 Å². The summed E-state index contributed by atoms with van der Waals surface area (Å²) in [6, 6.07) is 68.7. The molecule has 0 unspecified atom stereocenters. The Bertz CT molecular complexity index is 3240. The van der Waals surface area contributed by atoms with Crippen molar-refractivity contribution in [2.45, 2.75) is 0 Å². The number of fused-ring (bicyclic) bond motifs is 6. The zero-order chi connectivity index (χ0) is 37.0. The van der Waals surface area contributed by atoms with Gasteiger partial charge in [0, 0.05) is 53.3 Å². The fourth-order valence-corrected chi connectivity index (χ4v) is 9.00. The Balaban J connectivity index is 1.03. The predicted octanol–water partition coefficient (Wildman–Crippen LogP) is 13.7. The molecule has 0 amide bonds. The number of nitrogens with zero attached hydrogens (tertiary/aromatic N) is 4. The normalized spacial score (nSPS) is 11.6. The molecule has 0 bridgehead atoms. The highest BCUT2D eigenvalue weighted by Crippen LogP contribution is 2.39. The van der Waals surface area contributed by atoms with Crippen LogP contribution in [0.4, 0.5) is 0 Å². The van der Waals surface area contributed by atoms with Crippen molar-refractivity contribution in [1.82, 2.24) is 19.5 Å². The lowest BCUT2D eigenvalue weighted by Crippen LogP contribution is -2.01. The highest BCUT2D eigenvalue weighted by Gasteiger charge is 2.17. The van der Waals surface area contributed by atoms with Crippen LogP contribution in [0.2, 0.25) is 0 Å². The molecule has 0 aliphatic rings. The van der Waals surface area contributed by atoms with Crippen LogP contribution in [0.1, 0.15) is 0 Å². The van der Waals surface area contributed by atoms with Crippen molar-refractivity contribution >= 4 is 53.3 Å². The highest BCUT2D eigenvalue weighted by atomic mass is 32.1. The number of para-hydroxylation sites is 1. The van der Waals surface area contributed by atoms with Crippen LogP contribution >= 0.6 is 11.3 Å². The number of hydrogen-bond donors (Lipinski definition) is 0. The van der Waals surface area contributed by atoms with E-state index < -0.39 is 0 Å². The molecular weight excluding hydrogens is 701 g/mol. The van der Waals surface area contributed by atoms with Crippen LogP contribution in [0, 0.1) is 0 Å². The topological polar surface area (TPSA) is 43.6 Å². The van der Waals surface area contributed by atoms with E-state index in [-0.39, 0.29) is 0 Å². The summed E-state index contributed by atoms with van der Waals surface area (Å²) < 4.78 is 4.99. The SMILES string of the molecule is c1ccc(-c2ccc(-c3nc(-c4ccccc4)nc(-c4cccc(-n5c6ccccc6c6cc(-c7ccc8sc9ccccc9c8c7)ccc65)c4)n3)cc2)cc1. The second kappa shape index (κ2) is 13.3. The summed E-state index contributed by atoms with van der Waals surface area (Å²) in [5.41, 5.74) is 10.9. The van der Waals surface area contributed by atoms with Gasteiger partial charge in [-0.1, -0.05) is 146 Å². The van der Waals surface area contributed by atoms with Gasteiger partial charge in [-0.3, -0.25) is 0 Å². The van der Waals surface area contributed by atoms with Gasteiger partial charge in [0.2, 0.25) is 0 Å². The van der Waals surface area contributed by atoms with Crippen LogP contribution in [0.3, 0.4) is 0 Å². The van der Waals surface area contributed by atoms with Crippen molar-refractivity contribution in [3.05, 3.63) is 194 Å². The molecule has 0 N–H and O–H groups in total. The second-order valence-electron chi connectivity index (χ2n) is 14.1. The molecule has 0 fully saturated rings. The lowest BCUT2D eigenvalue weighted by molar-refractivity contribution is 1.07. The molecule has 5 heteroatoms. The fourth-order valence-electron chi connectivity index (χ4n) is 7.91. The summed E-state index contributed by atoms with van der Waals surface area (Å²) in [7, 11) is 0. The number of thiophene rings is 1. The molecule has 0 saturated heterocycles. The molecule has 0 radical (unpaired) electrons. The Morgan fingerprint density at radius 1 is 0.304 bits per heavy atom. The molecule has 8 aromatic carbocycles. The molecule has 11 aromatic rings. The number of rotatable bonds is 6. The third-order valence-electron chi connectivity index (χ3n) is 10.7. The zero-order valence-corrected chi connectivity index (χ0v) is 31.0. The molecule has 4 nitrogen and oxygen atoms in total. The minimum Gasteiger partial charge on any atom is -0.309 e. The Hall–Kier alpha value is -7.21. The average Bonchev–Trinajstić information content (AvgIpc) is 3.82. The Labute approximate surface area is 327 Å². The summed E-state index contributed by atoms with van der Waals surface area (Å²) in [5, 5.41) is 5.05. The van der Waals surface area contributed by atoms with E-state index in [0.29, 0.717) is 17.5 Å². The first-order chi connectivity index (χ1) is 27.7. The van der Waals surface area contributed by atoms with E-state index in [9.17, 15) is 0 Å². The van der Waals surface area contributed by atoms with Crippen LogP contribution in [0.25, 0.3) is 104 Å². The minimum absolute atomic E-state index is 0.627. The third kappa shape index (κ3) is 5.56. The molecule has 0 spiro atoms. The van der Waals surface area contributed by atoms with Gasteiger partial charge in [0.25, 0.3) is 0 Å². The van der Waals surface area contributed by atoms with E-state index in [1.807, 2.05) is 47.7 Å². The van der Waals surface area contributed by atoms with Crippen LogP contribution in [-0.2, 0) is 0 Å². The van der Waals surface area contributed by atoms with Crippen LogP contribution in [0.5, 0.6) is 0 Å². The molecule has 0 atom stereocenters. The van der Waals surface area contributed by atoms with Crippen LogP contribution in [0.15, 0.2) is 194 Å². The van der Waals surface area contributed by atoms with Gasteiger partial charge in [0.15, 0.2) is 17.5 Å². The van der Waals surface area contributed by atoms with Crippen LogP contribution in [-0.4, -0.2) is 19.5 Å². The van der Waals surface area contributed by atoms with Gasteiger partial charge in [0.05, 0.1) is 11.0 Å². The first-order valence-electron chi connectivity index (χ1n) is 18.8. The van der Waals surface area contributed by atoms with Gasteiger partial charge in [-0.15, -0.1) is 11.3 Å². The summed E-state index contributed by atoms with van der Waals surface area (Å²) in [6.45, 7) is 0. The zero-order valence-electron chi connectivity index (χ0n) is 30.2. The van der Waals surface area contributed by atoms with Gasteiger partial charge in [0.1, 0.15) is 0 Å². The number of benzene rings is 8. The summed E-state index contributed by atoms with van der Waals surface area (Å²) >= 11 is 1.85. The molecule has 0 aliphatic heterocycles. The monoisotopic (exact) mass is 732 g/mol. The second-order valence-corrected chi connectivity index (χ2v) is 15.1. The minimum atomic E-state index is 0.627. The quantitative estimate of drug-likeness (QED) is 0.171. The maximum absolute atomic E-state index is 5.10. The summed E-state index contributed by atoms with van der Waals surface area (Å²) in [5.74, 6) is 1.90. The molecule has 3 heterocycles. The number of hydrogen-bond acceptors (Lipinski definition) is 4. The first kappa shape index (κ1) is 32.2. The van der Waals surface area contributed by atoms with E-state index in [4.69, 9.17) is 15.0 Å². The van der Waals surface area contributed by atoms with Gasteiger partial charge >= 0.3 is 0 Å². The van der Waals surface area contributed by atoms with Crippen molar-refractivity contribution < 1.29 is 0 Å². The summed E-state index contributed by atoms with van der Waals surface area (Å²) in [6.07, 6.45) is 0. The average molecular weight is 733 g/mol. The van der Waals surface area contributed by atoms with E-state index in [2.05, 4.69) is 162 Å². The predicted molar refractivity (Wildman–Crippen MR) is 234 cm³/mol. The molecule has 56 heavy (non-hydrogen) atoms. The van der Waals surface area contributed by atoms with Crippen molar-refractivity contribution in [2.75, 3.05) is 0 Å². The lowest BCUT2D eigenvalue weighted by atomic mass is 10.0. The molecule has 262 valence electrons. The Kier molecular flexibility index (Phi) is 7.64. The third-order valence-corrected chi connectivity index (χ3v) is 11.8. The van der Waals surface area contributed by atoms with Gasteiger partial charge < -0.3 is 4.57 Å². The Morgan fingerprint density at radius 3 is 1.57 bits per heavy atom. The van der Waals surface area contributed by atoms with Crippen molar-refractivity contribution in [3.8, 4) is 62.1 Å². The van der Waals surface area contributed by atoms with Gasteiger partial charge in [-0.2, -0.15) is 0 Å². The first-order valence-corrected chi connectivity index (χ1v) is 19.6. The molecular formula is C51H32N4S. The standard InChI is InChI=1S/C51H32N4S/c1-3-12-33(13-4-1)34-22-24-36(25-23-34)50-52-49(35-14-5-2-6-15-35)53-51(54-50)39-16-11-17-40(30-39)55-45-20-9-7-18-41(45)43-31-37(26-28-46(43)55)38-27-29-48-44(32-38)42-19-8-10-21-47(42)56-48/h1-32H. The van der Waals surface area contributed by atoms with Crippen LogP contribution < -0.4 is 0 Å². The Morgan fingerprint density at radius 2 is 0.804 bits per heavy atom. The molecule has 0 aliphatic carbocycles. The fraction of sp³-hybridized carbons (Fsp3) is 0. The maximum Gasteiger partial charge on any atom is 0.164 e. The molecule has 3 aromatic heterocycles. The highest BCUT2D eigenvalue weighted by molar-refractivity contribution is 7.25. The smallest absolute Gasteiger partial charge is 0.164 e. The van der Waals surface area contributed by atoms with Crippen molar-refractivity contribution in [3.63, 3.8) is 0 Å². The van der Waals surface area contributed by atoms with E-state index in [1.54, 1.807) is 0 Å². The van der Waals surface area contributed by atoms with Gasteiger partial charge in [-0.05, 0) is 70.8 Å². The molecule has 11 rings (SSSR count). The van der Waals surface area contributed by atoms with Crippen molar-refractivity contribution in [2.24, 2.45) is 0 Å². The lowest BCUT2D eigenvalue weighted by Gasteiger charge is -2.12. The largest absolute Gasteiger partial charge is 0.309 e. The molecule has 0 saturated carbocycles. The van der Waals surface area contributed by atoms with E-state index in [0.717, 1.165) is 39.0 Å². The summed E-state index contributed by atoms with van der Waals surface area (Å²) in [4.78, 5) is 15.2. The number of aromatic nitrogens is 4. The van der Waals surface area contributed by atoms with Crippen molar-refractivity contribution in [1.29, 1.82) is 0 Å². The van der Waals surface area contributed by atoms with E-state index >= 15 is 0 Å².